The molecule has 2 aliphatic heterocycles. The van der Waals surface area contributed by atoms with Crippen molar-refractivity contribution in [3.63, 3.8) is 0 Å². The number of rotatable bonds is 2. The van der Waals surface area contributed by atoms with Crippen molar-refractivity contribution in [2.24, 2.45) is 0 Å². The Hall–Kier alpha value is -6.99. The number of para-hydroxylation sites is 2. The van der Waals surface area contributed by atoms with E-state index in [4.69, 9.17) is 8.83 Å². The fourth-order valence-corrected chi connectivity index (χ4v) is 19.9. The summed E-state index contributed by atoms with van der Waals surface area (Å²) in [6.45, 7) is 19.8. The van der Waals surface area contributed by atoms with Crippen molar-refractivity contribution >= 4 is 80.8 Å². The van der Waals surface area contributed by atoms with Gasteiger partial charge in [0.05, 0.1) is 0 Å². The zero-order chi connectivity index (χ0) is 46.0. The molecule has 0 fully saturated rings. The van der Waals surface area contributed by atoms with E-state index in [1.807, 2.05) is 0 Å². The Morgan fingerprint density at radius 1 is 0.338 bits per heavy atom. The number of furan rings is 2. The summed E-state index contributed by atoms with van der Waals surface area (Å²) >= 11 is 0. The number of fused-ring (bicyclic) bond motifs is 20. The first-order valence-corrected chi connectivity index (χ1v) is 30.4. The van der Waals surface area contributed by atoms with Gasteiger partial charge in [-0.05, 0) is 123 Å². The van der Waals surface area contributed by atoms with Gasteiger partial charge in [0.25, 0.3) is 0 Å². The molecule has 0 N–H and O–H groups in total. The van der Waals surface area contributed by atoms with Crippen molar-refractivity contribution in [2.45, 2.75) is 64.7 Å². The van der Waals surface area contributed by atoms with E-state index < -0.39 is 16.1 Å². The van der Waals surface area contributed by atoms with Gasteiger partial charge in [-0.1, -0.05) is 187 Å². The molecular weight excluding hydrogens is 857 g/mol. The second kappa shape index (κ2) is 12.6. The number of hydrogen-bond donors (Lipinski definition) is 0. The smallest absolute Gasteiger partial charge is 0.143 e. The van der Waals surface area contributed by atoms with Crippen LogP contribution in [0.3, 0.4) is 0 Å². The second-order valence-electron chi connectivity index (χ2n) is 22.4. The van der Waals surface area contributed by atoms with Crippen LogP contribution >= 0.6 is 0 Å². The van der Waals surface area contributed by atoms with Crippen molar-refractivity contribution in [3.05, 3.63) is 180 Å². The highest BCUT2D eigenvalue weighted by Crippen LogP contribution is 2.54. The topological polar surface area (TPSA) is 26.3 Å². The minimum absolute atomic E-state index is 0.0926. The van der Waals surface area contributed by atoms with Gasteiger partial charge < -0.3 is 8.83 Å². The largest absolute Gasteiger partial charge is 0.455 e. The van der Waals surface area contributed by atoms with Gasteiger partial charge in [0.1, 0.15) is 38.5 Å². The van der Waals surface area contributed by atoms with Crippen LogP contribution < -0.4 is 20.7 Å². The third kappa shape index (κ3) is 4.63. The van der Waals surface area contributed by atoms with E-state index in [-0.39, 0.29) is 10.8 Å². The summed E-state index contributed by atoms with van der Waals surface area (Å²) in [5.74, 6) is 0. The van der Waals surface area contributed by atoms with Gasteiger partial charge in [-0.25, -0.2) is 0 Å². The van der Waals surface area contributed by atoms with E-state index >= 15 is 0 Å². The Kier molecular flexibility index (Phi) is 7.21. The summed E-state index contributed by atoms with van der Waals surface area (Å²) in [5.41, 5.74) is 25.2. The molecule has 2 aromatic heterocycles. The summed E-state index contributed by atoms with van der Waals surface area (Å²) in [6, 6.07) is 60.2. The van der Waals surface area contributed by atoms with E-state index in [9.17, 15) is 0 Å². The third-order valence-electron chi connectivity index (χ3n) is 17.5. The second-order valence-corrected chi connectivity index (χ2v) is 31.0. The molecule has 0 amide bonds. The molecule has 0 atom stereocenters. The van der Waals surface area contributed by atoms with E-state index in [2.05, 4.69) is 212 Å². The Bertz CT molecular complexity index is 3880. The van der Waals surface area contributed by atoms with Crippen LogP contribution in [0, 0.1) is 0 Å². The molecule has 4 aliphatic rings. The van der Waals surface area contributed by atoms with Crippen LogP contribution in [0.5, 0.6) is 0 Å². The normalized spacial score (nSPS) is 16.7. The molecule has 4 heteroatoms. The van der Waals surface area contributed by atoms with E-state index in [1.54, 1.807) is 0 Å². The van der Waals surface area contributed by atoms with Gasteiger partial charge in [0.15, 0.2) is 0 Å². The van der Waals surface area contributed by atoms with Crippen LogP contribution in [0.1, 0.15) is 49.9 Å². The molecule has 2 nitrogen and oxygen atoms in total. The molecule has 0 bridgehead atoms. The SMILES string of the molecule is CC1(C)c2ccccc2-c2ccc(-c3cc4c(c5oc6ccccc6c35)-c3cc5c(cc3[Si]4(C)C)-c3c(cc(-c4ccc6c(c4)C(C)(C)c4ccccc4-6)c4c3oc3ccccc34)[Si]5(C)C)cc21. The van der Waals surface area contributed by atoms with Crippen LogP contribution in [0.15, 0.2) is 167 Å². The Balaban J connectivity index is 0.956. The zero-order valence-corrected chi connectivity index (χ0v) is 41.8. The summed E-state index contributed by atoms with van der Waals surface area (Å²) in [7, 11) is -4.62. The lowest BCUT2D eigenvalue weighted by molar-refractivity contribution is 0.660. The lowest BCUT2D eigenvalue weighted by Crippen LogP contribution is -2.51. The molecule has 0 saturated carbocycles. The van der Waals surface area contributed by atoms with Gasteiger partial charge in [-0.2, -0.15) is 0 Å². The van der Waals surface area contributed by atoms with Crippen LogP contribution in [0.4, 0.5) is 0 Å². The molecule has 326 valence electrons. The fraction of sp³-hybridized carbons (Fsp3) is 0.156. The van der Waals surface area contributed by atoms with Crippen LogP contribution in [0.2, 0.25) is 26.2 Å². The predicted octanol–water partition coefficient (Wildman–Crippen LogP) is 15.0. The molecule has 15 rings (SSSR count). The standard InChI is InChI=1S/C64H50O2Si2/c1-63(2)47-21-13-9-17-37(47)39-27-25-35(29-49(39)63)43-31-55-59(61-57(43)41-19-11-15-23-51(41)65-61)45-33-54-46(34-53(45)67(55,5)6)60-56(68(54,7)8)32-44(58-42-20-12-16-24-52(42)66-62(58)60)36-26-28-40-38-18-10-14-22-48(38)64(3,4)50(40)30-36/h9-34H,1-8H3. The summed E-state index contributed by atoms with van der Waals surface area (Å²) in [5, 5.41) is 10.7. The predicted molar refractivity (Wildman–Crippen MR) is 291 cm³/mol. The average Bonchev–Trinajstić information content (AvgIpc) is 4.13. The number of benzene rings is 9. The third-order valence-corrected chi connectivity index (χ3v) is 24.5. The highest BCUT2D eigenvalue weighted by molar-refractivity contribution is 7.06. The Morgan fingerprint density at radius 2 is 0.706 bits per heavy atom. The van der Waals surface area contributed by atoms with Gasteiger partial charge >= 0.3 is 0 Å². The molecule has 2 aliphatic carbocycles. The fourth-order valence-electron chi connectivity index (χ4n) is 13.9. The Morgan fingerprint density at radius 3 is 1.15 bits per heavy atom. The lowest BCUT2D eigenvalue weighted by atomic mass is 9.81. The zero-order valence-electron chi connectivity index (χ0n) is 39.8. The minimum atomic E-state index is -2.31. The molecule has 0 saturated heterocycles. The average molecular weight is 907 g/mol. The van der Waals surface area contributed by atoms with Crippen LogP contribution in [-0.2, 0) is 10.8 Å². The summed E-state index contributed by atoms with van der Waals surface area (Å²) < 4.78 is 14.3. The quantitative estimate of drug-likeness (QED) is 0.162. The molecule has 0 unspecified atom stereocenters. The monoisotopic (exact) mass is 906 g/mol. The highest BCUT2D eigenvalue weighted by atomic mass is 28.3. The van der Waals surface area contributed by atoms with E-state index in [1.165, 1.54) is 131 Å². The summed E-state index contributed by atoms with van der Waals surface area (Å²) in [4.78, 5) is 0. The maximum absolute atomic E-state index is 7.17. The molecule has 68 heavy (non-hydrogen) atoms. The van der Waals surface area contributed by atoms with Crippen LogP contribution in [-0.4, -0.2) is 16.1 Å². The van der Waals surface area contributed by atoms with Crippen LogP contribution in [0.25, 0.3) is 111 Å². The molecule has 0 spiro atoms. The van der Waals surface area contributed by atoms with Crippen molar-refractivity contribution < 1.29 is 8.83 Å². The van der Waals surface area contributed by atoms with Crippen molar-refractivity contribution in [2.75, 3.05) is 0 Å². The maximum Gasteiger partial charge on any atom is 0.143 e. The molecule has 4 heterocycles. The summed E-state index contributed by atoms with van der Waals surface area (Å²) in [6.07, 6.45) is 0. The van der Waals surface area contributed by atoms with E-state index in [0.29, 0.717) is 0 Å². The molecule has 11 aromatic rings. The van der Waals surface area contributed by atoms with Crippen molar-refractivity contribution in [1.82, 2.24) is 0 Å². The first kappa shape index (κ1) is 39.1. The first-order valence-electron chi connectivity index (χ1n) is 24.4. The van der Waals surface area contributed by atoms with E-state index in [0.717, 1.165) is 22.3 Å². The van der Waals surface area contributed by atoms with Crippen molar-refractivity contribution in [1.29, 1.82) is 0 Å². The first-order chi connectivity index (χ1) is 32.7. The van der Waals surface area contributed by atoms with Crippen molar-refractivity contribution in [3.8, 4) is 66.8 Å². The lowest BCUT2D eigenvalue weighted by Gasteiger charge is -2.23. The molecular formula is C64H50O2Si2. The molecule has 0 radical (unpaired) electrons. The number of hydrogen-bond acceptors (Lipinski definition) is 2. The molecule has 9 aromatic carbocycles. The maximum atomic E-state index is 7.17. The van der Waals surface area contributed by atoms with Gasteiger partial charge in [-0.15, -0.1) is 0 Å². The van der Waals surface area contributed by atoms with Gasteiger partial charge in [0.2, 0.25) is 0 Å². The Labute approximate surface area is 398 Å². The van der Waals surface area contributed by atoms with Gasteiger partial charge in [0, 0.05) is 43.5 Å². The minimum Gasteiger partial charge on any atom is -0.455 e. The highest BCUT2D eigenvalue weighted by Gasteiger charge is 2.47. The van der Waals surface area contributed by atoms with Gasteiger partial charge in [-0.3, -0.25) is 0 Å².